The van der Waals surface area contributed by atoms with Gasteiger partial charge in [-0.05, 0) is 81.1 Å². The van der Waals surface area contributed by atoms with Crippen LogP contribution in [-0.2, 0) is 13.0 Å². The lowest BCUT2D eigenvalue weighted by Crippen LogP contribution is -2.35. The number of aromatic amines is 1. The van der Waals surface area contributed by atoms with Crippen LogP contribution in [0.25, 0.3) is 0 Å². The Kier molecular flexibility index (Phi) is 7.85. The SMILES string of the molecule is CN(CC1CCCCC1)c1ccccc1CCC1CCN(Cc2ccc[nH]c2=O)CC1. The van der Waals surface area contributed by atoms with Crippen molar-refractivity contribution in [1.82, 2.24) is 9.88 Å². The summed E-state index contributed by atoms with van der Waals surface area (Å²) in [5, 5.41) is 0. The van der Waals surface area contributed by atoms with E-state index in [0.29, 0.717) is 0 Å². The molecule has 0 atom stereocenters. The predicted octanol–water partition coefficient (Wildman–Crippen LogP) is 5.24. The second-order valence-electron chi connectivity index (χ2n) is 9.80. The zero-order chi connectivity index (χ0) is 21.5. The minimum atomic E-state index is 0.0542. The van der Waals surface area contributed by atoms with Crippen molar-refractivity contribution in [2.75, 3.05) is 31.6 Å². The molecule has 1 aliphatic carbocycles. The lowest BCUT2D eigenvalue weighted by atomic mass is 9.88. The number of hydrogen-bond acceptors (Lipinski definition) is 3. The highest BCUT2D eigenvalue weighted by atomic mass is 16.1. The van der Waals surface area contributed by atoms with Crippen molar-refractivity contribution in [3.05, 3.63) is 64.1 Å². The van der Waals surface area contributed by atoms with Crippen LogP contribution in [0.4, 0.5) is 5.69 Å². The molecule has 0 radical (unpaired) electrons. The Labute approximate surface area is 187 Å². The minimum Gasteiger partial charge on any atom is -0.374 e. The zero-order valence-corrected chi connectivity index (χ0v) is 19.2. The van der Waals surface area contributed by atoms with Crippen molar-refractivity contribution in [3.8, 4) is 0 Å². The number of benzene rings is 1. The van der Waals surface area contributed by atoms with Crippen molar-refractivity contribution in [3.63, 3.8) is 0 Å². The maximum Gasteiger partial charge on any atom is 0.252 e. The summed E-state index contributed by atoms with van der Waals surface area (Å²) in [7, 11) is 2.29. The summed E-state index contributed by atoms with van der Waals surface area (Å²) >= 11 is 0. The van der Waals surface area contributed by atoms with Gasteiger partial charge in [0, 0.05) is 37.6 Å². The molecule has 4 nitrogen and oxygen atoms in total. The Hall–Kier alpha value is -2.07. The van der Waals surface area contributed by atoms with Gasteiger partial charge < -0.3 is 9.88 Å². The quantitative estimate of drug-likeness (QED) is 0.634. The van der Waals surface area contributed by atoms with Crippen LogP contribution < -0.4 is 10.5 Å². The number of rotatable bonds is 8. The first-order chi connectivity index (χ1) is 15.2. The summed E-state index contributed by atoms with van der Waals surface area (Å²) in [5.41, 5.74) is 3.89. The molecule has 31 heavy (non-hydrogen) atoms. The Bertz CT molecular complexity index is 863. The fraction of sp³-hybridized carbons (Fsp3) is 0.593. The Morgan fingerprint density at radius 3 is 2.45 bits per heavy atom. The summed E-state index contributed by atoms with van der Waals surface area (Å²) in [4.78, 5) is 19.7. The number of pyridine rings is 1. The van der Waals surface area contributed by atoms with Crippen molar-refractivity contribution in [1.29, 1.82) is 0 Å². The van der Waals surface area contributed by atoms with E-state index < -0.39 is 0 Å². The normalized spacial score (nSPS) is 18.9. The van der Waals surface area contributed by atoms with Crippen LogP contribution in [-0.4, -0.2) is 36.6 Å². The van der Waals surface area contributed by atoms with Crippen molar-refractivity contribution in [2.24, 2.45) is 11.8 Å². The second-order valence-corrected chi connectivity index (χ2v) is 9.80. The van der Waals surface area contributed by atoms with Gasteiger partial charge in [-0.1, -0.05) is 43.5 Å². The van der Waals surface area contributed by atoms with Gasteiger partial charge in [0.05, 0.1) is 0 Å². The van der Waals surface area contributed by atoms with E-state index in [9.17, 15) is 4.79 Å². The van der Waals surface area contributed by atoms with Crippen LogP contribution in [0.15, 0.2) is 47.4 Å². The van der Waals surface area contributed by atoms with E-state index in [0.717, 1.165) is 37.0 Å². The number of piperidine rings is 1. The maximum absolute atomic E-state index is 11.9. The predicted molar refractivity (Wildman–Crippen MR) is 130 cm³/mol. The average Bonchev–Trinajstić information content (AvgIpc) is 2.81. The molecule has 1 aromatic carbocycles. The van der Waals surface area contributed by atoms with Gasteiger partial charge in [-0.25, -0.2) is 0 Å². The van der Waals surface area contributed by atoms with Crippen LogP contribution in [0.2, 0.25) is 0 Å². The first-order valence-electron chi connectivity index (χ1n) is 12.4. The summed E-state index contributed by atoms with van der Waals surface area (Å²) in [5.74, 6) is 1.66. The van der Waals surface area contributed by atoms with Gasteiger partial charge in [0.2, 0.25) is 0 Å². The molecule has 0 bridgehead atoms. The van der Waals surface area contributed by atoms with Gasteiger partial charge >= 0.3 is 0 Å². The van der Waals surface area contributed by atoms with Crippen LogP contribution >= 0.6 is 0 Å². The van der Waals surface area contributed by atoms with Gasteiger partial charge in [0.1, 0.15) is 0 Å². The number of nitrogens with one attached hydrogen (secondary N) is 1. The largest absolute Gasteiger partial charge is 0.374 e. The standard InChI is InChI=1S/C27H39N3O/c1-29(20-23-8-3-2-4-9-23)26-12-6-5-10-24(26)14-13-22-15-18-30(19-16-22)21-25-11-7-17-28-27(25)31/h5-7,10-12,17,22-23H,2-4,8-9,13-16,18-21H2,1H3,(H,28,31). The van der Waals surface area contributed by atoms with Gasteiger partial charge in [-0.3, -0.25) is 9.69 Å². The maximum atomic E-state index is 11.9. The summed E-state index contributed by atoms with van der Waals surface area (Å²) in [6, 6.07) is 12.9. The summed E-state index contributed by atoms with van der Waals surface area (Å²) in [6.45, 7) is 4.18. The van der Waals surface area contributed by atoms with Crippen LogP contribution in [0, 0.1) is 11.8 Å². The zero-order valence-electron chi connectivity index (χ0n) is 19.2. The third kappa shape index (κ3) is 6.22. The van der Waals surface area contributed by atoms with Crippen molar-refractivity contribution in [2.45, 2.75) is 64.3 Å². The molecule has 1 saturated heterocycles. The second kappa shape index (κ2) is 11.0. The molecule has 4 rings (SSSR count). The van der Waals surface area contributed by atoms with E-state index in [1.807, 2.05) is 12.1 Å². The molecule has 4 heteroatoms. The van der Waals surface area contributed by atoms with Gasteiger partial charge in [-0.2, -0.15) is 0 Å². The average molecular weight is 422 g/mol. The van der Waals surface area contributed by atoms with E-state index in [-0.39, 0.29) is 5.56 Å². The molecule has 0 spiro atoms. The Balaban J connectivity index is 1.26. The Morgan fingerprint density at radius 2 is 1.68 bits per heavy atom. The highest BCUT2D eigenvalue weighted by Crippen LogP contribution is 2.29. The first kappa shape index (κ1) is 22.1. The molecule has 1 saturated carbocycles. The number of H-pyrrole nitrogens is 1. The smallest absolute Gasteiger partial charge is 0.252 e. The molecular formula is C27H39N3O. The van der Waals surface area contributed by atoms with Crippen molar-refractivity contribution < 1.29 is 0 Å². The molecule has 0 amide bonds. The number of likely N-dealkylation sites (tertiary alicyclic amines) is 1. The summed E-state index contributed by atoms with van der Waals surface area (Å²) in [6.07, 6.45) is 13.7. The van der Waals surface area contributed by atoms with Gasteiger partial charge in [0.25, 0.3) is 5.56 Å². The molecule has 1 aliphatic heterocycles. The molecule has 1 aromatic heterocycles. The number of nitrogens with zero attached hydrogens (tertiary/aromatic N) is 2. The van der Waals surface area contributed by atoms with E-state index in [1.165, 1.54) is 75.6 Å². The lowest BCUT2D eigenvalue weighted by Gasteiger charge is -2.32. The van der Waals surface area contributed by atoms with Gasteiger partial charge in [-0.15, -0.1) is 0 Å². The third-order valence-electron chi connectivity index (χ3n) is 7.48. The van der Waals surface area contributed by atoms with E-state index in [4.69, 9.17) is 0 Å². The first-order valence-corrected chi connectivity index (χ1v) is 12.4. The molecule has 2 heterocycles. The fourth-order valence-corrected chi connectivity index (χ4v) is 5.56. The molecule has 1 N–H and O–H groups in total. The van der Waals surface area contributed by atoms with Crippen LogP contribution in [0.3, 0.4) is 0 Å². The molecule has 2 fully saturated rings. The third-order valence-corrected chi connectivity index (χ3v) is 7.48. The summed E-state index contributed by atoms with van der Waals surface area (Å²) < 4.78 is 0. The highest BCUT2D eigenvalue weighted by Gasteiger charge is 2.21. The Morgan fingerprint density at radius 1 is 0.935 bits per heavy atom. The topological polar surface area (TPSA) is 39.3 Å². The van der Waals surface area contributed by atoms with Crippen LogP contribution in [0.1, 0.15) is 62.5 Å². The lowest BCUT2D eigenvalue weighted by molar-refractivity contribution is 0.172. The van der Waals surface area contributed by atoms with Crippen LogP contribution in [0.5, 0.6) is 0 Å². The highest BCUT2D eigenvalue weighted by molar-refractivity contribution is 5.53. The molecule has 0 unspecified atom stereocenters. The molecular weight excluding hydrogens is 382 g/mol. The molecule has 2 aromatic rings. The number of hydrogen-bond donors (Lipinski definition) is 1. The monoisotopic (exact) mass is 421 g/mol. The minimum absolute atomic E-state index is 0.0542. The number of aryl methyl sites for hydroxylation is 1. The molecule has 168 valence electrons. The van der Waals surface area contributed by atoms with E-state index >= 15 is 0 Å². The molecule has 2 aliphatic rings. The number of anilines is 1. The van der Waals surface area contributed by atoms with Crippen molar-refractivity contribution >= 4 is 5.69 Å². The fourth-order valence-electron chi connectivity index (χ4n) is 5.56. The number of para-hydroxylation sites is 1. The van der Waals surface area contributed by atoms with E-state index in [2.05, 4.69) is 46.1 Å². The number of aromatic nitrogens is 1. The van der Waals surface area contributed by atoms with E-state index in [1.54, 1.807) is 6.20 Å². The van der Waals surface area contributed by atoms with Gasteiger partial charge in [0.15, 0.2) is 0 Å².